The van der Waals surface area contributed by atoms with Crippen LogP contribution in [0.15, 0.2) is 29.4 Å². The highest BCUT2D eigenvalue weighted by molar-refractivity contribution is 14.0. The second-order valence-corrected chi connectivity index (χ2v) is 7.79. The van der Waals surface area contributed by atoms with E-state index in [9.17, 15) is 9.18 Å². The van der Waals surface area contributed by atoms with Crippen LogP contribution < -0.4 is 10.6 Å². The lowest BCUT2D eigenvalue weighted by atomic mass is 9.84. The molecule has 6 nitrogen and oxygen atoms in total. The Morgan fingerprint density at radius 1 is 1.28 bits per heavy atom. The van der Waals surface area contributed by atoms with Gasteiger partial charge in [0, 0.05) is 51.3 Å². The first-order chi connectivity index (χ1) is 13.4. The van der Waals surface area contributed by atoms with Gasteiger partial charge in [-0.1, -0.05) is 12.8 Å². The first-order valence-corrected chi connectivity index (χ1v) is 9.87. The zero-order valence-corrected chi connectivity index (χ0v) is 19.7. The number of fused-ring (bicyclic) bond motifs is 1. The molecule has 3 N–H and O–H groups in total. The molecule has 1 saturated carbocycles. The van der Waals surface area contributed by atoms with Crippen LogP contribution in [0.5, 0.6) is 0 Å². The quantitative estimate of drug-likeness (QED) is 0.314. The molecule has 0 radical (unpaired) electrons. The minimum absolute atomic E-state index is 0. The molecular formula is C21H31FIN5O. The van der Waals surface area contributed by atoms with E-state index in [1.165, 1.54) is 6.07 Å². The molecule has 0 spiro atoms. The second kappa shape index (κ2) is 10.3. The van der Waals surface area contributed by atoms with Crippen LogP contribution in [0.1, 0.15) is 31.2 Å². The topological polar surface area (TPSA) is 72.5 Å². The Morgan fingerprint density at radius 3 is 2.66 bits per heavy atom. The fourth-order valence-corrected chi connectivity index (χ4v) is 4.14. The standard InChI is InChI=1S/C21H30FN5O.HI/c1-23-20(26-14-21(9-4-5-10-21)19(28)27(2)3)24-11-8-15-13-25-18-7-6-16(22)12-17(15)18;/h6-7,12-13,25H,4-5,8-11,14H2,1-3H3,(H2,23,24,26);1H. The zero-order chi connectivity index (χ0) is 20.1. The van der Waals surface area contributed by atoms with Crippen LogP contribution in [0.3, 0.4) is 0 Å². The van der Waals surface area contributed by atoms with Crippen LogP contribution in [-0.4, -0.2) is 56.0 Å². The molecule has 1 aliphatic rings. The molecule has 3 rings (SSSR count). The molecule has 1 heterocycles. The average Bonchev–Trinajstić information content (AvgIpc) is 3.31. The smallest absolute Gasteiger partial charge is 0.230 e. The number of nitrogens with one attached hydrogen (secondary N) is 3. The molecule has 160 valence electrons. The van der Waals surface area contributed by atoms with E-state index in [1.54, 1.807) is 24.1 Å². The summed E-state index contributed by atoms with van der Waals surface area (Å²) in [5, 5.41) is 7.55. The van der Waals surface area contributed by atoms with Gasteiger partial charge in [0.05, 0.1) is 5.41 Å². The van der Waals surface area contributed by atoms with Crippen molar-refractivity contribution in [3.63, 3.8) is 0 Å². The summed E-state index contributed by atoms with van der Waals surface area (Å²) in [6, 6.07) is 4.77. The number of hydrogen-bond acceptors (Lipinski definition) is 2. The first-order valence-electron chi connectivity index (χ1n) is 9.87. The van der Waals surface area contributed by atoms with Gasteiger partial charge < -0.3 is 20.5 Å². The predicted molar refractivity (Wildman–Crippen MR) is 126 cm³/mol. The highest BCUT2D eigenvalue weighted by Crippen LogP contribution is 2.38. The van der Waals surface area contributed by atoms with E-state index >= 15 is 0 Å². The summed E-state index contributed by atoms with van der Waals surface area (Å²) in [4.78, 5) is 21.8. The lowest BCUT2D eigenvalue weighted by Gasteiger charge is -2.31. The molecular weight excluding hydrogens is 484 g/mol. The van der Waals surface area contributed by atoms with Crippen LogP contribution in [0, 0.1) is 11.2 Å². The largest absolute Gasteiger partial charge is 0.361 e. The number of nitrogens with zero attached hydrogens (tertiary/aromatic N) is 2. The van der Waals surface area contributed by atoms with E-state index in [-0.39, 0.29) is 41.1 Å². The Kier molecular flexibility index (Phi) is 8.30. The maximum absolute atomic E-state index is 13.5. The molecule has 0 atom stereocenters. The number of aromatic amines is 1. The molecule has 2 aromatic rings. The lowest BCUT2D eigenvalue weighted by molar-refractivity contribution is -0.138. The number of benzene rings is 1. The van der Waals surface area contributed by atoms with Gasteiger partial charge in [0.2, 0.25) is 5.91 Å². The summed E-state index contributed by atoms with van der Waals surface area (Å²) in [7, 11) is 5.37. The number of aliphatic imine (C=N–C) groups is 1. The van der Waals surface area contributed by atoms with Gasteiger partial charge in [-0.3, -0.25) is 9.79 Å². The Hall–Kier alpha value is -1.84. The number of guanidine groups is 1. The number of hydrogen-bond donors (Lipinski definition) is 3. The van der Waals surface area contributed by atoms with Crippen LogP contribution in [0.25, 0.3) is 10.9 Å². The van der Waals surface area contributed by atoms with Crippen molar-refractivity contribution in [2.45, 2.75) is 32.1 Å². The molecule has 1 aromatic carbocycles. The maximum Gasteiger partial charge on any atom is 0.230 e. The van der Waals surface area contributed by atoms with Gasteiger partial charge in [0.15, 0.2) is 5.96 Å². The van der Waals surface area contributed by atoms with Crippen molar-refractivity contribution in [3.8, 4) is 0 Å². The van der Waals surface area contributed by atoms with Crippen LogP contribution in [0.4, 0.5) is 4.39 Å². The van der Waals surface area contributed by atoms with Gasteiger partial charge in [0.25, 0.3) is 0 Å². The van der Waals surface area contributed by atoms with Crippen molar-refractivity contribution in [2.75, 3.05) is 34.2 Å². The number of rotatable bonds is 6. The van der Waals surface area contributed by atoms with E-state index in [0.29, 0.717) is 19.0 Å². The van der Waals surface area contributed by atoms with Crippen molar-refractivity contribution in [3.05, 3.63) is 35.8 Å². The van der Waals surface area contributed by atoms with Crippen molar-refractivity contribution >= 4 is 46.7 Å². The first kappa shape index (κ1) is 23.4. The molecule has 8 heteroatoms. The fraction of sp³-hybridized carbons (Fsp3) is 0.524. The van der Waals surface area contributed by atoms with Gasteiger partial charge in [-0.2, -0.15) is 0 Å². The molecule has 0 unspecified atom stereocenters. The molecule has 0 aliphatic heterocycles. The van der Waals surface area contributed by atoms with Gasteiger partial charge in [-0.15, -0.1) is 24.0 Å². The average molecular weight is 515 g/mol. The molecule has 29 heavy (non-hydrogen) atoms. The normalized spacial score (nSPS) is 15.8. The third-order valence-corrected chi connectivity index (χ3v) is 5.65. The lowest BCUT2D eigenvalue weighted by Crippen LogP contribution is -2.49. The fourth-order valence-electron chi connectivity index (χ4n) is 4.14. The number of carbonyl (C=O) groups excluding carboxylic acids is 1. The molecule has 0 bridgehead atoms. The highest BCUT2D eigenvalue weighted by atomic mass is 127. The number of H-pyrrole nitrogens is 1. The van der Waals surface area contributed by atoms with Gasteiger partial charge in [-0.25, -0.2) is 4.39 Å². The van der Waals surface area contributed by atoms with E-state index < -0.39 is 0 Å². The Morgan fingerprint density at radius 2 is 2.00 bits per heavy atom. The van der Waals surface area contributed by atoms with E-state index in [4.69, 9.17) is 0 Å². The Labute approximate surface area is 188 Å². The van der Waals surface area contributed by atoms with E-state index in [1.807, 2.05) is 20.3 Å². The molecule has 1 fully saturated rings. The molecule has 1 amide bonds. The third-order valence-electron chi connectivity index (χ3n) is 5.65. The SMILES string of the molecule is CN=C(NCCc1c[nH]c2ccc(F)cc12)NCC1(C(=O)N(C)C)CCCC1.I. The number of amides is 1. The van der Waals surface area contributed by atoms with Crippen LogP contribution >= 0.6 is 24.0 Å². The van der Waals surface area contributed by atoms with Crippen LogP contribution in [0.2, 0.25) is 0 Å². The Balaban J connectivity index is 0.00000300. The van der Waals surface area contributed by atoms with E-state index in [2.05, 4.69) is 20.6 Å². The summed E-state index contributed by atoms with van der Waals surface area (Å²) in [6.07, 6.45) is 6.66. The molecule has 1 aromatic heterocycles. The summed E-state index contributed by atoms with van der Waals surface area (Å²) >= 11 is 0. The zero-order valence-electron chi connectivity index (χ0n) is 17.3. The molecule has 1 aliphatic carbocycles. The van der Waals surface area contributed by atoms with Crippen molar-refractivity contribution < 1.29 is 9.18 Å². The minimum Gasteiger partial charge on any atom is -0.361 e. The third kappa shape index (κ3) is 5.40. The van der Waals surface area contributed by atoms with Crippen molar-refractivity contribution in [1.82, 2.24) is 20.5 Å². The van der Waals surface area contributed by atoms with Gasteiger partial charge in [-0.05, 0) is 43.0 Å². The highest BCUT2D eigenvalue weighted by Gasteiger charge is 2.42. The van der Waals surface area contributed by atoms with Crippen LogP contribution in [-0.2, 0) is 11.2 Å². The summed E-state index contributed by atoms with van der Waals surface area (Å²) in [5.41, 5.74) is 1.66. The number of aromatic nitrogens is 1. The molecule has 0 saturated heterocycles. The Bertz CT molecular complexity index is 858. The van der Waals surface area contributed by atoms with Crippen molar-refractivity contribution in [2.24, 2.45) is 10.4 Å². The summed E-state index contributed by atoms with van der Waals surface area (Å²) < 4.78 is 13.5. The monoisotopic (exact) mass is 515 g/mol. The second-order valence-electron chi connectivity index (χ2n) is 7.79. The summed E-state index contributed by atoms with van der Waals surface area (Å²) in [6.45, 7) is 1.25. The summed E-state index contributed by atoms with van der Waals surface area (Å²) in [5.74, 6) is 0.642. The van der Waals surface area contributed by atoms with E-state index in [0.717, 1.165) is 48.6 Å². The maximum atomic E-state index is 13.5. The van der Waals surface area contributed by atoms with Gasteiger partial charge >= 0.3 is 0 Å². The van der Waals surface area contributed by atoms with Gasteiger partial charge in [0.1, 0.15) is 5.82 Å². The number of carbonyl (C=O) groups is 1. The minimum atomic E-state index is -0.338. The number of halogens is 2. The predicted octanol–water partition coefficient (Wildman–Crippen LogP) is 3.28. The van der Waals surface area contributed by atoms with Crippen molar-refractivity contribution in [1.29, 1.82) is 0 Å².